The van der Waals surface area contributed by atoms with Gasteiger partial charge in [0.05, 0.1) is 0 Å². The number of nitriles is 1. The Labute approximate surface area is 64.2 Å². The van der Waals surface area contributed by atoms with E-state index >= 15 is 0 Å². The van der Waals surface area contributed by atoms with Gasteiger partial charge in [-0.3, -0.25) is 0 Å². The van der Waals surface area contributed by atoms with Gasteiger partial charge in [-0.05, 0) is 25.9 Å². The molecule has 1 aliphatic heterocycles. The SMILES string of the molecule is N#CC(F)(F)C1CCNCC1. The molecule has 1 fully saturated rings. The van der Waals surface area contributed by atoms with Crippen LogP contribution in [0.15, 0.2) is 0 Å². The van der Waals surface area contributed by atoms with Gasteiger partial charge in [0.1, 0.15) is 6.07 Å². The van der Waals surface area contributed by atoms with Gasteiger partial charge in [-0.15, -0.1) is 0 Å². The molecule has 0 aliphatic carbocycles. The summed E-state index contributed by atoms with van der Waals surface area (Å²) in [6.07, 6.45) is 0.807. The van der Waals surface area contributed by atoms with Crippen molar-refractivity contribution >= 4 is 0 Å². The summed E-state index contributed by atoms with van der Waals surface area (Å²) in [7, 11) is 0. The van der Waals surface area contributed by atoms with E-state index < -0.39 is 11.8 Å². The van der Waals surface area contributed by atoms with Gasteiger partial charge in [-0.2, -0.15) is 14.0 Å². The highest BCUT2D eigenvalue weighted by atomic mass is 19.3. The summed E-state index contributed by atoms with van der Waals surface area (Å²) in [5.41, 5.74) is 0. The number of hydrogen-bond acceptors (Lipinski definition) is 2. The molecule has 2 nitrogen and oxygen atoms in total. The topological polar surface area (TPSA) is 35.8 Å². The summed E-state index contributed by atoms with van der Waals surface area (Å²) in [6, 6.07) is 1.05. The predicted molar refractivity (Wildman–Crippen MR) is 36.2 cm³/mol. The quantitative estimate of drug-likeness (QED) is 0.624. The van der Waals surface area contributed by atoms with E-state index in [0.29, 0.717) is 25.9 Å². The minimum Gasteiger partial charge on any atom is -0.317 e. The molecule has 0 saturated carbocycles. The lowest BCUT2D eigenvalue weighted by molar-refractivity contribution is -0.0137. The van der Waals surface area contributed by atoms with Crippen LogP contribution in [0.4, 0.5) is 8.78 Å². The van der Waals surface area contributed by atoms with Gasteiger partial charge in [-0.25, -0.2) is 0 Å². The minimum atomic E-state index is -3.12. The van der Waals surface area contributed by atoms with Crippen molar-refractivity contribution in [2.45, 2.75) is 18.8 Å². The second-order valence-corrected chi connectivity index (χ2v) is 2.76. The lowest BCUT2D eigenvalue weighted by atomic mass is 9.92. The third-order valence-corrected chi connectivity index (χ3v) is 2.00. The van der Waals surface area contributed by atoms with Crippen LogP contribution >= 0.6 is 0 Å². The Kier molecular flexibility index (Phi) is 2.40. The molecule has 4 heteroatoms. The molecule has 0 bridgehead atoms. The molecule has 1 rings (SSSR count). The number of rotatable bonds is 1. The minimum absolute atomic E-state index is 0.403. The number of alkyl halides is 2. The zero-order chi connectivity index (χ0) is 8.32. The van der Waals surface area contributed by atoms with Crippen molar-refractivity contribution < 1.29 is 8.78 Å². The predicted octanol–water partition coefficient (Wildman–Crippen LogP) is 1.14. The van der Waals surface area contributed by atoms with E-state index in [4.69, 9.17) is 5.26 Å². The van der Waals surface area contributed by atoms with Crippen LogP contribution in [0.5, 0.6) is 0 Å². The van der Waals surface area contributed by atoms with E-state index in [-0.39, 0.29) is 0 Å². The van der Waals surface area contributed by atoms with Crippen LogP contribution in [0.1, 0.15) is 12.8 Å². The third kappa shape index (κ3) is 1.87. The van der Waals surface area contributed by atoms with Crippen LogP contribution in [0.2, 0.25) is 0 Å². The van der Waals surface area contributed by atoms with Crippen molar-refractivity contribution in [3.63, 3.8) is 0 Å². The van der Waals surface area contributed by atoms with Crippen molar-refractivity contribution in [1.29, 1.82) is 5.26 Å². The molecule has 0 radical (unpaired) electrons. The summed E-state index contributed by atoms with van der Waals surface area (Å²) < 4.78 is 25.3. The van der Waals surface area contributed by atoms with Crippen molar-refractivity contribution in [3.05, 3.63) is 0 Å². The monoisotopic (exact) mass is 160 g/mol. The molecule has 62 valence electrons. The molecular weight excluding hydrogens is 150 g/mol. The molecule has 11 heavy (non-hydrogen) atoms. The lowest BCUT2D eigenvalue weighted by Gasteiger charge is -2.25. The molecule has 0 spiro atoms. The van der Waals surface area contributed by atoms with Crippen LogP contribution < -0.4 is 5.32 Å². The first-order valence-corrected chi connectivity index (χ1v) is 3.66. The number of nitrogens with zero attached hydrogens (tertiary/aromatic N) is 1. The highest BCUT2D eigenvalue weighted by Gasteiger charge is 2.39. The van der Waals surface area contributed by atoms with Gasteiger partial charge in [0.2, 0.25) is 0 Å². The second-order valence-electron chi connectivity index (χ2n) is 2.76. The Morgan fingerprint density at radius 3 is 2.36 bits per heavy atom. The fraction of sp³-hybridized carbons (Fsp3) is 0.857. The molecule has 1 heterocycles. The van der Waals surface area contributed by atoms with E-state index in [1.807, 2.05) is 0 Å². The lowest BCUT2D eigenvalue weighted by Crippen LogP contribution is -2.37. The normalized spacial score (nSPS) is 21.2. The molecule has 1 aliphatic rings. The molecule has 1 N–H and O–H groups in total. The zero-order valence-electron chi connectivity index (χ0n) is 6.11. The molecule has 0 aromatic carbocycles. The van der Waals surface area contributed by atoms with E-state index in [9.17, 15) is 8.78 Å². The van der Waals surface area contributed by atoms with Crippen molar-refractivity contribution in [2.24, 2.45) is 5.92 Å². The van der Waals surface area contributed by atoms with Gasteiger partial charge in [-0.1, -0.05) is 0 Å². The summed E-state index contributed by atoms with van der Waals surface area (Å²) in [6.45, 7) is 1.20. The largest absolute Gasteiger partial charge is 0.334 e. The maximum atomic E-state index is 12.6. The van der Waals surface area contributed by atoms with Gasteiger partial charge in [0, 0.05) is 5.92 Å². The Morgan fingerprint density at radius 1 is 1.36 bits per heavy atom. The Bertz CT molecular complexity index is 168. The standard InChI is InChI=1S/C7H10F2N2/c8-7(9,5-10)6-1-3-11-4-2-6/h6,11H,1-4H2. The number of hydrogen-bond donors (Lipinski definition) is 1. The molecule has 0 amide bonds. The molecular formula is C7H10F2N2. The first-order valence-electron chi connectivity index (χ1n) is 3.66. The van der Waals surface area contributed by atoms with Crippen molar-refractivity contribution in [2.75, 3.05) is 13.1 Å². The number of nitrogens with one attached hydrogen (secondary N) is 1. The van der Waals surface area contributed by atoms with Crippen LogP contribution in [0.25, 0.3) is 0 Å². The third-order valence-electron chi connectivity index (χ3n) is 2.00. The van der Waals surface area contributed by atoms with Crippen LogP contribution in [0, 0.1) is 17.2 Å². The Hall–Kier alpha value is -0.690. The summed E-state index contributed by atoms with van der Waals surface area (Å²) in [5, 5.41) is 11.1. The maximum Gasteiger partial charge on any atom is 0.334 e. The maximum absolute atomic E-state index is 12.6. The smallest absolute Gasteiger partial charge is 0.317 e. The van der Waals surface area contributed by atoms with Gasteiger partial charge >= 0.3 is 5.92 Å². The number of piperidine rings is 1. The van der Waals surface area contributed by atoms with E-state index in [1.54, 1.807) is 0 Å². The average molecular weight is 160 g/mol. The van der Waals surface area contributed by atoms with Crippen LogP contribution in [-0.2, 0) is 0 Å². The van der Waals surface area contributed by atoms with Crippen LogP contribution in [0.3, 0.4) is 0 Å². The number of halogens is 2. The van der Waals surface area contributed by atoms with Crippen molar-refractivity contribution in [1.82, 2.24) is 5.32 Å². The first-order chi connectivity index (χ1) is 5.17. The molecule has 0 aromatic rings. The molecule has 0 unspecified atom stereocenters. The van der Waals surface area contributed by atoms with E-state index in [1.165, 1.54) is 0 Å². The van der Waals surface area contributed by atoms with Crippen LogP contribution in [-0.4, -0.2) is 19.0 Å². The Morgan fingerprint density at radius 2 is 1.91 bits per heavy atom. The van der Waals surface area contributed by atoms with Gasteiger partial charge in [0.15, 0.2) is 0 Å². The fourth-order valence-corrected chi connectivity index (χ4v) is 1.28. The summed E-state index contributed by atoms with van der Waals surface area (Å²) in [5.74, 6) is -3.86. The Balaban J connectivity index is 2.52. The van der Waals surface area contributed by atoms with E-state index in [0.717, 1.165) is 6.07 Å². The van der Waals surface area contributed by atoms with Gasteiger partial charge in [0.25, 0.3) is 0 Å². The van der Waals surface area contributed by atoms with E-state index in [2.05, 4.69) is 5.32 Å². The molecule has 1 saturated heterocycles. The molecule has 0 atom stereocenters. The van der Waals surface area contributed by atoms with Gasteiger partial charge < -0.3 is 5.32 Å². The first kappa shape index (κ1) is 8.41. The zero-order valence-corrected chi connectivity index (χ0v) is 6.11. The summed E-state index contributed by atoms with van der Waals surface area (Å²) >= 11 is 0. The average Bonchev–Trinajstić information content (AvgIpc) is 2.06. The second kappa shape index (κ2) is 3.14. The summed E-state index contributed by atoms with van der Waals surface area (Å²) in [4.78, 5) is 0. The highest BCUT2D eigenvalue weighted by molar-refractivity contribution is 4.97. The molecule has 0 aromatic heterocycles. The van der Waals surface area contributed by atoms with Crippen molar-refractivity contribution in [3.8, 4) is 6.07 Å². The fourth-order valence-electron chi connectivity index (χ4n) is 1.28. The highest BCUT2D eigenvalue weighted by Crippen LogP contribution is 2.30.